The second-order valence-corrected chi connectivity index (χ2v) is 7.74. The van der Waals surface area contributed by atoms with Crippen LogP contribution in [0.2, 0.25) is 0 Å². The second kappa shape index (κ2) is 5.40. The first kappa shape index (κ1) is 14.5. The van der Waals surface area contributed by atoms with E-state index in [0.29, 0.717) is 18.0 Å². The topological polar surface area (TPSA) is 49.4 Å². The lowest BCUT2D eigenvalue weighted by Gasteiger charge is -2.35. The molecule has 0 amide bonds. The van der Waals surface area contributed by atoms with E-state index < -0.39 is 10.0 Å². The van der Waals surface area contributed by atoms with Gasteiger partial charge in [-0.05, 0) is 36.8 Å². The van der Waals surface area contributed by atoms with Crippen molar-refractivity contribution in [1.29, 1.82) is 0 Å². The van der Waals surface area contributed by atoms with E-state index in [1.54, 1.807) is 16.4 Å². The van der Waals surface area contributed by atoms with Crippen LogP contribution in [0.5, 0.6) is 0 Å². The Labute approximate surface area is 125 Å². The van der Waals surface area contributed by atoms with Crippen LogP contribution < -0.4 is 5.32 Å². The maximum absolute atomic E-state index is 12.8. The standard InChI is InChI=1S/C16H20N2O2S/c1-12-10-18(11-13(2)17-12)21(19,20)16-8-7-14-5-3-4-6-15(14)9-16/h3-9,12-13,17H,10-11H2,1-2H3. The molecule has 2 aromatic carbocycles. The zero-order valence-corrected chi connectivity index (χ0v) is 13.1. The molecule has 5 heteroatoms. The molecule has 0 radical (unpaired) electrons. The highest BCUT2D eigenvalue weighted by molar-refractivity contribution is 7.89. The van der Waals surface area contributed by atoms with Gasteiger partial charge < -0.3 is 5.32 Å². The van der Waals surface area contributed by atoms with Crippen molar-refractivity contribution in [3.63, 3.8) is 0 Å². The largest absolute Gasteiger partial charge is 0.309 e. The number of hydrogen-bond donors (Lipinski definition) is 1. The summed E-state index contributed by atoms with van der Waals surface area (Å²) >= 11 is 0. The lowest BCUT2D eigenvalue weighted by atomic mass is 10.1. The molecule has 0 spiro atoms. The summed E-state index contributed by atoms with van der Waals surface area (Å²) in [5, 5.41) is 5.36. The molecule has 0 bridgehead atoms. The van der Waals surface area contributed by atoms with E-state index in [4.69, 9.17) is 0 Å². The summed E-state index contributed by atoms with van der Waals surface area (Å²) < 4.78 is 27.2. The first-order chi connectivity index (χ1) is 9.96. The SMILES string of the molecule is CC1CN(S(=O)(=O)c2ccc3ccccc3c2)CC(C)N1. The number of benzene rings is 2. The third kappa shape index (κ3) is 2.81. The highest BCUT2D eigenvalue weighted by Crippen LogP contribution is 2.23. The van der Waals surface area contributed by atoms with Gasteiger partial charge in [0.1, 0.15) is 0 Å². The van der Waals surface area contributed by atoms with Gasteiger partial charge in [-0.15, -0.1) is 0 Å². The number of piperazine rings is 1. The van der Waals surface area contributed by atoms with Gasteiger partial charge in [-0.1, -0.05) is 30.3 Å². The zero-order chi connectivity index (χ0) is 15.0. The Kier molecular flexibility index (Phi) is 3.73. The van der Waals surface area contributed by atoms with Crippen LogP contribution in [0.25, 0.3) is 10.8 Å². The summed E-state index contributed by atoms with van der Waals surface area (Å²) in [6.45, 7) is 5.05. The van der Waals surface area contributed by atoms with E-state index in [1.165, 1.54) is 0 Å². The lowest BCUT2D eigenvalue weighted by molar-refractivity contribution is 0.263. The fourth-order valence-electron chi connectivity index (χ4n) is 2.95. The molecule has 0 aromatic heterocycles. The summed E-state index contributed by atoms with van der Waals surface area (Å²) in [5.41, 5.74) is 0. The predicted octanol–water partition coefficient (Wildman–Crippen LogP) is 2.21. The van der Waals surface area contributed by atoms with Gasteiger partial charge in [0.15, 0.2) is 0 Å². The molecule has 0 aliphatic carbocycles. The summed E-state index contributed by atoms with van der Waals surface area (Å²) in [7, 11) is -3.43. The Bertz CT molecular complexity index is 748. The number of hydrogen-bond acceptors (Lipinski definition) is 3. The molecule has 0 saturated carbocycles. The van der Waals surface area contributed by atoms with Crippen molar-refractivity contribution in [2.45, 2.75) is 30.8 Å². The molecule has 112 valence electrons. The molecule has 1 N–H and O–H groups in total. The fraction of sp³-hybridized carbons (Fsp3) is 0.375. The molecule has 1 fully saturated rings. The van der Waals surface area contributed by atoms with Gasteiger partial charge in [0.2, 0.25) is 10.0 Å². The normalized spacial score (nSPS) is 24.3. The monoisotopic (exact) mass is 304 g/mol. The van der Waals surface area contributed by atoms with Crippen molar-refractivity contribution < 1.29 is 8.42 Å². The van der Waals surface area contributed by atoms with Crippen LogP contribution in [-0.4, -0.2) is 37.9 Å². The van der Waals surface area contributed by atoms with Gasteiger partial charge in [-0.3, -0.25) is 0 Å². The summed E-state index contributed by atoms with van der Waals surface area (Å²) in [6.07, 6.45) is 0. The number of nitrogens with one attached hydrogen (secondary N) is 1. The Balaban J connectivity index is 1.99. The highest BCUT2D eigenvalue weighted by atomic mass is 32.2. The van der Waals surface area contributed by atoms with Gasteiger partial charge in [0, 0.05) is 25.2 Å². The third-order valence-electron chi connectivity index (χ3n) is 3.88. The molecule has 2 atom stereocenters. The van der Waals surface area contributed by atoms with Crippen molar-refractivity contribution in [2.24, 2.45) is 0 Å². The fourth-order valence-corrected chi connectivity index (χ4v) is 4.60. The maximum atomic E-state index is 12.8. The van der Waals surface area contributed by atoms with Crippen LogP contribution in [0.1, 0.15) is 13.8 Å². The van der Waals surface area contributed by atoms with Crippen LogP contribution in [0, 0.1) is 0 Å². The molecular formula is C16H20N2O2S. The van der Waals surface area contributed by atoms with Crippen molar-refractivity contribution in [3.8, 4) is 0 Å². The second-order valence-electron chi connectivity index (χ2n) is 5.80. The minimum absolute atomic E-state index is 0.170. The quantitative estimate of drug-likeness (QED) is 0.925. The minimum Gasteiger partial charge on any atom is -0.309 e. The summed E-state index contributed by atoms with van der Waals surface area (Å²) in [6, 6.07) is 13.5. The number of fused-ring (bicyclic) bond motifs is 1. The average molecular weight is 304 g/mol. The predicted molar refractivity (Wildman–Crippen MR) is 84.8 cm³/mol. The number of sulfonamides is 1. The van der Waals surface area contributed by atoms with E-state index in [1.807, 2.05) is 44.2 Å². The molecule has 21 heavy (non-hydrogen) atoms. The lowest BCUT2D eigenvalue weighted by Crippen LogP contribution is -2.55. The van der Waals surface area contributed by atoms with E-state index in [0.717, 1.165) is 10.8 Å². The molecule has 2 aromatic rings. The molecule has 1 heterocycles. The third-order valence-corrected chi connectivity index (χ3v) is 5.71. The van der Waals surface area contributed by atoms with Crippen LogP contribution in [0.4, 0.5) is 0 Å². The van der Waals surface area contributed by atoms with Crippen LogP contribution >= 0.6 is 0 Å². The van der Waals surface area contributed by atoms with Gasteiger partial charge >= 0.3 is 0 Å². The van der Waals surface area contributed by atoms with Crippen LogP contribution in [-0.2, 0) is 10.0 Å². The molecule has 1 aliphatic heterocycles. The van der Waals surface area contributed by atoms with Crippen molar-refractivity contribution in [1.82, 2.24) is 9.62 Å². The zero-order valence-electron chi connectivity index (χ0n) is 12.3. The van der Waals surface area contributed by atoms with Gasteiger partial charge in [-0.2, -0.15) is 4.31 Å². The number of nitrogens with zero attached hydrogens (tertiary/aromatic N) is 1. The molecule has 1 saturated heterocycles. The molecular weight excluding hydrogens is 284 g/mol. The first-order valence-corrected chi connectivity index (χ1v) is 8.66. The van der Waals surface area contributed by atoms with Gasteiger partial charge in [-0.25, -0.2) is 8.42 Å². The maximum Gasteiger partial charge on any atom is 0.243 e. The van der Waals surface area contributed by atoms with Crippen molar-refractivity contribution >= 4 is 20.8 Å². The van der Waals surface area contributed by atoms with E-state index >= 15 is 0 Å². The Morgan fingerprint density at radius 2 is 1.62 bits per heavy atom. The van der Waals surface area contributed by atoms with E-state index in [2.05, 4.69) is 5.32 Å². The molecule has 3 rings (SSSR count). The van der Waals surface area contributed by atoms with Crippen LogP contribution in [0.15, 0.2) is 47.4 Å². The molecule has 2 unspecified atom stereocenters. The molecule has 1 aliphatic rings. The highest BCUT2D eigenvalue weighted by Gasteiger charge is 2.31. The summed E-state index contributed by atoms with van der Waals surface area (Å²) in [5.74, 6) is 0. The average Bonchev–Trinajstić information content (AvgIpc) is 2.45. The Morgan fingerprint density at radius 3 is 2.29 bits per heavy atom. The van der Waals surface area contributed by atoms with Gasteiger partial charge in [0.05, 0.1) is 4.90 Å². The van der Waals surface area contributed by atoms with Crippen molar-refractivity contribution in [2.75, 3.05) is 13.1 Å². The Morgan fingerprint density at radius 1 is 1.00 bits per heavy atom. The summed E-state index contributed by atoms with van der Waals surface area (Å²) in [4.78, 5) is 0.377. The van der Waals surface area contributed by atoms with E-state index in [-0.39, 0.29) is 12.1 Å². The van der Waals surface area contributed by atoms with Gasteiger partial charge in [0.25, 0.3) is 0 Å². The smallest absolute Gasteiger partial charge is 0.243 e. The van der Waals surface area contributed by atoms with E-state index in [9.17, 15) is 8.42 Å². The number of rotatable bonds is 2. The first-order valence-electron chi connectivity index (χ1n) is 7.22. The van der Waals surface area contributed by atoms with Crippen LogP contribution in [0.3, 0.4) is 0 Å². The van der Waals surface area contributed by atoms with Crippen molar-refractivity contribution in [3.05, 3.63) is 42.5 Å². The minimum atomic E-state index is -3.43. The molecule has 4 nitrogen and oxygen atoms in total. The Hall–Kier alpha value is -1.43.